The normalized spacial score (nSPS) is 10.4. The van der Waals surface area contributed by atoms with Crippen LogP contribution in [0.1, 0.15) is 11.1 Å². The first-order valence-corrected chi connectivity index (χ1v) is 5.70. The molecule has 3 nitrogen and oxygen atoms in total. The van der Waals surface area contributed by atoms with E-state index >= 15 is 0 Å². The summed E-state index contributed by atoms with van der Waals surface area (Å²) in [5, 5.41) is 11.7. The highest BCUT2D eigenvalue weighted by Gasteiger charge is 1.96. The van der Waals surface area contributed by atoms with E-state index in [0.29, 0.717) is 0 Å². The van der Waals surface area contributed by atoms with Crippen LogP contribution in [0.2, 0.25) is 0 Å². The fourth-order valence-corrected chi connectivity index (χ4v) is 1.98. The Hall–Kier alpha value is -1.39. The average molecular weight is 219 g/mol. The van der Waals surface area contributed by atoms with Crippen molar-refractivity contribution in [2.45, 2.75) is 13.1 Å². The quantitative estimate of drug-likeness (QED) is 0.836. The summed E-state index contributed by atoms with van der Waals surface area (Å²) in [7, 11) is 0. The molecule has 0 amide bonds. The lowest BCUT2D eigenvalue weighted by Gasteiger charge is -1.99. The molecular weight excluding hydrogens is 206 g/mol. The van der Waals surface area contributed by atoms with Crippen LogP contribution in [0.25, 0.3) is 6.20 Å². The van der Waals surface area contributed by atoms with Gasteiger partial charge in [-0.05, 0) is 22.4 Å². The third-order valence-electron chi connectivity index (χ3n) is 2.08. The van der Waals surface area contributed by atoms with Gasteiger partial charge in [0.15, 0.2) is 0 Å². The molecule has 15 heavy (non-hydrogen) atoms. The van der Waals surface area contributed by atoms with E-state index in [1.54, 1.807) is 22.2 Å². The molecule has 0 radical (unpaired) electrons. The Morgan fingerprint density at radius 3 is 3.00 bits per heavy atom. The molecule has 2 aromatic rings. The van der Waals surface area contributed by atoms with Crippen LogP contribution in [0.15, 0.2) is 35.8 Å². The van der Waals surface area contributed by atoms with Gasteiger partial charge in [-0.15, -0.1) is 0 Å². The second kappa shape index (κ2) is 4.91. The van der Waals surface area contributed by atoms with Crippen molar-refractivity contribution in [1.29, 1.82) is 0 Å². The summed E-state index contributed by atoms with van der Waals surface area (Å²) >= 11 is 1.72. The van der Waals surface area contributed by atoms with Crippen molar-refractivity contribution in [3.05, 3.63) is 46.9 Å². The van der Waals surface area contributed by atoms with E-state index in [9.17, 15) is 0 Å². The Labute approximate surface area is 93.1 Å². The van der Waals surface area contributed by atoms with Crippen LogP contribution in [0.5, 0.6) is 0 Å². The highest BCUT2D eigenvalue weighted by Crippen LogP contribution is 2.05. The number of hydrogen-bond donors (Lipinski definition) is 1. The van der Waals surface area contributed by atoms with Crippen LogP contribution >= 0.6 is 11.3 Å². The van der Waals surface area contributed by atoms with E-state index in [1.807, 2.05) is 12.4 Å². The number of hydrogen-bond acceptors (Lipinski definition) is 3. The monoisotopic (exact) mass is 219 g/mol. The Kier molecular flexibility index (Phi) is 3.32. The minimum atomic E-state index is 0.837. The van der Waals surface area contributed by atoms with Crippen LogP contribution in [0.3, 0.4) is 0 Å². The predicted molar refractivity (Wildman–Crippen MR) is 63.5 cm³/mol. The Bertz CT molecular complexity index is 417. The topological polar surface area (TPSA) is 29.9 Å². The fraction of sp³-hybridized carbons (Fsp3) is 0.182. The summed E-state index contributed by atoms with van der Waals surface area (Å²) < 4.78 is 1.71. The summed E-state index contributed by atoms with van der Waals surface area (Å²) in [5.41, 5.74) is 2.50. The van der Waals surface area contributed by atoms with Gasteiger partial charge in [0.25, 0.3) is 0 Å². The van der Waals surface area contributed by atoms with Crippen LogP contribution in [-0.2, 0) is 13.1 Å². The molecule has 0 saturated heterocycles. The van der Waals surface area contributed by atoms with Gasteiger partial charge >= 0.3 is 0 Å². The van der Waals surface area contributed by atoms with Gasteiger partial charge in [-0.1, -0.05) is 6.58 Å². The largest absolute Gasteiger partial charge is 0.308 e. The highest BCUT2D eigenvalue weighted by molar-refractivity contribution is 7.07. The maximum atomic E-state index is 4.11. The zero-order valence-corrected chi connectivity index (χ0v) is 9.20. The molecule has 0 spiro atoms. The zero-order valence-electron chi connectivity index (χ0n) is 8.39. The van der Waals surface area contributed by atoms with Gasteiger partial charge in [-0.2, -0.15) is 16.4 Å². The molecule has 2 aromatic heterocycles. The van der Waals surface area contributed by atoms with Crippen molar-refractivity contribution in [3.8, 4) is 0 Å². The molecule has 0 saturated carbocycles. The van der Waals surface area contributed by atoms with Crippen LogP contribution in [-0.4, -0.2) is 9.78 Å². The molecular formula is C11H13N3S. The number of aromatic nitrogens is 2. The first-order chi connectivity index (χ1) is 7.38. The van der Waals surface area contributed by atoms with E-state index in [-0.39, 0.29) is 0 Å². The highest BCUT2D eigenvalue weighted by atomic mass is 32.1. The number of nitrogens with zero attached hydrogens (tertiary/aromatic N) is 2. The molecule has 2 rings (SSSR count). The fourth-order valence-electron chi connectivity index (χ4n) is 1.31. The van der Waals surface area contributed by atoms with Gasteiger partial charge in [-0.25, -0.2) is 4.68 Å². The number of rotatable bonds is 5. The lowest BCUT2D eigenvalue weighted by atomic mass is 10.3. The Morgan fingerprint density at radius 2 is 2.33 bits per heavy atom. The van der Waals surface area contributed by atoms with Crippen molar-refractivity contribution in [2.24, 2.45) is 0 Å². The number of nitrogens with one attached hydrogen (secondary N) is 1. The molecule has 0 aliphatic carbocycles. The minimum absolute atomic E-state index is 0.837. The van der Waals surface area contributed by atoms with E-state index in [1.165, 1.54) is 11.1 Å². The molecule has 0 fully saturated rings. The zero-order chi connectivity index (χ0) is 10.5. The van der Waals surface area contributed by atoms with Gasteiger partial charge in [-0.3, -0.25) is 0 Å². The second-order valence-electron chi connectivity index (χ2n) is 3.25. The molecule has 2 heterocycles. The third kappa shape index (κ3) is 2.78. The molecule has 78 valence electrons. The van der Waals surface area contributed by atoms with Crippen molar-refractivity contribution in [2.75, 3.05) is 0 Å². The molecule has 0 unspecified atom stereocenters. The summed E-state index contributed by atoms with van der Waals surface area (Å²) in [6.07, 6.45) is 5.50. The molecule has 0 aromatic carbocycles. The first-order valence-electron chi connectivity index (χ1n) is 4.76. The molecule has 0 aliphatic heterocycles. The molecule has 0 bridgehead atoms. The summed E-state index contributed by atoms with van der Waals surface area (Å²) in [5.74, 6) is 0. The molecule has 0 atom stereocenters. The van der Waals surface area contributed by atoms with Crippen LogP contribution < -0.4 is 5.32 Å². The van der Waals surface area contributed by atoms with E-state index < -0.39 is 0 Å². The lowest BCUT2D eigenvalue weighted by Crippen LogP contribution is -2.11. The van der Waals surface area contributed by atoms with Crippen LogP contribution in [0, 0.1) is 0 Å². The summed E-state index contributed by atoms with van der Waals surface area (Å²) in [6, 6.07) is 2.13. The Morgan fingerprint density at radius 1 is 1.47 bits per heavy atom. The molecule has 1 N–H and O–H groups in total. The first kappa shape index (κ1) is 10.1. The van der Waals surface area contributed by atoms with Crippen molar-refractivity contribution in [3.63, 3.8) is 0 Å². The van der Waals surface area contributed by atoms with Gasteiger partial charge in [0.1, 0.15) is 0 Å². The van der Waals surface area contributed by atoms with Crippen molar-refractivity contribution in [1.82, 2.24) is 15.1 Å². The van der Waals surface area contributed by atoms with Crippen LogP contribution in [0.4, 0.5) is 0 Å². The van der Waals surface area contributed by atoms with Gasteiger partial charge in [0.2, 0.25) is 0 Å². The van der Waals surface area contributed by atoms with Crippen molar-refractivity contribution < 1.29 is 0 Å². The van der Waals surface area contributed by atoms with Gasteiger partial charge in [0, 0.05) is 31.0 Å². The average Bonchev–Trinajstić information content (AvgIpc) is 2.88. The second-order valence-corrected chi connectivity index (χ2v) is 4.03. The molecule has 4 heteroatoms. The van der Waals surface area contributed by atoms with E-state index in [0.717, 1.165) is 13.1 Å². The number of thiophene rings is 1. The Balaban J connectivity index is 1.80. The lowest BCUT2D eigenvalue weighted by molar-refractivity contribution is 0.695. The maximum Gasteiger partial charge on any atom is 0.0538 e. The minimum Gasteiger partial charge on any atom is -0.308 e. The SMILES string of the molecule is C=Cn1cc(CNCc2ccsc2)cn1. The third-order valence-corrected chi connectivity index (χ3v) is 2.81. The van der Waals surface area contributed by atoms with Gasteiger partial charge in [0.05, 0.1) is 6.20 Å². The van der Waals surface area contributed by atoms with E-state index in [2.05, 4.69) is 33.8 Å². The smallest absolute Gasteiger partial charge is 0.0538 e. The summed E-state index contributed by atoms with van der Waals surface area (Å²) in [4.78, 5) is 0. The molecule has 0 aliphatic rings. The predicted octanol–water partition coefficient (Wildman–Crippen LogP) is 2.33. The maximum absolute atomic E-state index is 4.11. The van der Waals surface area contributed by atoms with E-state index in [4.69, 9.17) is 0 Å². The summed E-state index contributed by atoms with van der Waals surface area (Å²) in [6.45, 7) is 5.39. The van der Waals surface area contributed by atoms with Gasteiger partial charge < -0.3 is 5.32 Å². The standard InChI is InChI=1S/C11H13N3S/c1-2-14-8-11(7-13-14)6-12-5-10-3-4-15-9-10/h2-4,7-9,12H,1,5-6H2. The van der Waals surface area contributed by atoms with Crippen molar-refractivity contribution >= 4 is 17.5 Å².